The van der Waals surface area contributed by atoms with Gasteiger partial charge in [-0.15, -0.1) is 0 Å². The SMILES string of the molecule is COC1=C(OC)C(=O)C(CCCCCCCCCCO)=C(C)C1=O.NCC1CCC(C(=O)O)CC1.NS(=O)(=O)c1cc2c(cc1C(F)(F)F)NC(Cc1ccccc1)NS2(=O)=O. The van der Waals surface area contributed by atoms with Gasteiger partial charge in [0.15, 0.2) is 0 Å². The van der Waals surface area contributed by atoms with E-state index in [1.807, 2.05) is 0 Å². The second-order valence-electron chi connectivity index (χ2n) is 15.3. The van der Waals surface area contributed by atoms with E-state index >= 15 is 0 Å². The molecule has 1 unspecified atom stereocenters. The molecule has 0 aromatic heterocycles. The molecule has 1 heterocycles. The van der Waals surface area contributed by atoms with Gasteiger partial charge in [-0.25, -0.2) is 22.0 Å². The Kier molecular flexibility index (Phi) is 20.1. The number of fused-ring (bicyclic) bond motifs is 1. The molecule has 8 N–H and O–H groups in total. The molecular weight excluding hydrogens is 858 g/mol. The van der Waals surface area contributed by atoms with Crippen molar-refractivity contribution in [2.45, 2.75) is 119 Å². The van der Waals surface area contributed by atoms with Crippen LogP contribution in [0.5, 0.6) is 0 Å². The van der Waals surface area contributed by atoms with Crippen molar-refractivity contribution in [3.63, 3.8) is 0 Å². The summed E-state index contributed by atoms with van der Waals surface area (Å²) in [6, 6.07) is 9.57. The first-order valence-electron chi connectivity index (χ1n) is 20.5. The fourth-order valence-electron chi connectivity index (χ4n) is 7.38. The van der Waals surface area contributed by atoms with Crippen molar-refractivity contribution >= 4 is 43.3 Å². The number of hydrogen-bond donors (Lipinski definition) is 6. The predicted octanol–water partition coefficient (Wildman–Crippen LogP) is 5.92. The molecule has 2 aromatic carbocycles. The van der Waals surface area contributed by atoms with Crippen LogP contribution < -0.4 is 20.9 Å². The number of nitrogens with one attached hydrogen (secondary N) is 2. The standard InChI is InChI=1S/C19H30O5.C15H14F3N3O4S2.C8H15NO2/c1-14-15(12-10-8-6-4-5-7-9-11-13-20)17(22)19(24-3)18(23-2)16(14)21;16-15(17,18)10-7-11-13(8-12(10)26(19,22)23)27(24,25)21-14(20-11)6-9-4-2-1-3-5-9;9-5-6-1-3-7(4-2-6)8(10)11/h20H,4-13H2,1-3H3;1-5,7-8,14,20-21H,6H2,(H2,19,22,23);6-7H,1-5,9H2,(H,10,11). The average molecular weight is 917 g/mol. The Morgan fingerprint density at radius 2 is 1.44 bits per heavy atom. The Hall–Kier alpha value is -4.34. The van der Waals surface area contributed by atoms with E-state index in [-0.39, 0.29) is 47.7 Å². The number of aliphatic hydroxyl groups excluding tert-OH is 1. The molecule has 3 aliphatic rings. The van der Waals surface area contributed by atoms with Crippen molar-refractivity contribution in [2.24, 2.45) is 22.7 Å². The number of halogens is 3. The Labute approximate surface area is 361 Å². The molecule has 346 valence electrons. The largest absolute Gasteiger partial charge is 0.489 e. The number of carboxylic acids is 1. The van der Waals surface area contributed by atoms with Crippen molar-refractivity contribution in [3.05, 3.63) is 76.3 Å². The highest BCUT2D eigenvalue weighted by atomic mass is 32.2. The number of ether oxygens (including phenoxy) is 2. The molecule has 1 atom stereocenters. The van der Waals surface area contributed by atoms with Crippen LogP contribution in [-0.4, -0.2) is 78.1 Å². The predicted molar refractivity (Wildman–Crippen MR) is 225 cm³/mol. The number of carbonyl (C=O) groups excluding carboxylic acids is 2. The molecule has 1 fully saturated rings. The number of anilines is 1. The van der Waals surface area contributed by atoms with Crippen LogP contribution in [0.4, 0.5) is 18.9 Å². The third kappa shape index (κ3) is 14.9. The summed E-state index contributed by atoms with van der Waals surface area (Å²) in [5.74, 6) is -0.620. The van der Waals surface area contributed by atoms with Crippen molar-refractivity contribution in [1.82, 2.24) is 4.72 Å². The van der Waals surface area contributed by atoms with Crippen LogP contribution in [0.15, 0.2) is 74.9 Å². The van der Waals surface area contributed by atoms with Crippen LogP contribution in [0, 0.1) is 11.8 Å². The number of carbonyl (C=O) groups is 3. The van der Waals surface area contributed by atoms with Crippen LogP contribution in [-0.2, 0) is 56.5 Å². The average Bonchev–Trinajstić information content (AvgIpc) is 3.22. The summed E-state index contributed by atoms with van der Waals surface area (Å²) in [5.41, 5.74) is 5.37. The fourth-order valence-corrected chi connectivity index (χ4v) is 9.54. The number of nitrogens with two attached hydrogens (primary N) is 2. The highest BCUT2D eigenvalue weighted by Gasteiger charge is 2.41. The summed E-state index contributed by atoms with van der Waals surface area (Å²) < 4.78 is 100. The van der Waals surface area contributed by atoms with E-state index in [0.29, 0.717) is 42.2 Å². The maximum Gasteiger partial charge on any atom is 0.417 e. The normalized spacial score (nSPS) is 19.9. The summed E-state index contributed by atoms with van der Waals surface area (Å²) in [4.78, 5) is 33.3. The lowest BCUT2D eigenvalue weighted by molar-refractivity contribution is -0.143. The third-order valence-corrected chi connectivity index (χ3v) is 13.3. The van der Waals surface area contributed by atoms with E-state index in [0.717, 1.165) is 63.4 Å². The number of ketones is 2. The van der Waals surface area contributed by atoms with Gasteiger partial charge < -0.3 is 30.7 Å². The van der Waals surface area contributed by atoms with E-state index in [2.05, 4.69) is 10.0 Å². The number of benzene rings is 2. The number of alkyl halides is 3. The molecule has 5 rings (SSSR count). The van der Waals surface area contributed by atoms with E-state index in [1.165, 1.54) is 33.5 Å². The molecule has 0 amide bonds. The van der Waals surface area contributed by atoms with Crippen LogP contribution in [0.25, 0.3) is 0 Å². The van der Waals surface area contributed by atoms with Gasteiger partial charge in [0.1, 0.15) is 4.90 Å². The van der Waals surface area contributed by atoms with Crippen LogP contribution in [0.1, 0.15) is 102 Å². The van der Waals surface area contributed by atoms with Crippen molar-refractivity contribution in [2.75, 3.05) is 32.7 Å². The van der Waals surface area contributed by atoms with Gasteiger partial charge in [-0.2, -0.15) is 17.9 Å². The van der Waals surface area contributed by atoms with Crippen LogP contribution in [0.3, 0.4) is 0 Å². The number of aliphatic carboxylic acids is 1. The molecule has 62 heavy (non-hydrogen) atoms. The zero-order chi connectivity index (χ0) is 46.3. The maximum absolute atomic E-state index is 13.3. The highest BCUT2D eigenvalue weighted by molar-refractivity contribution is 7.90. The lowest BCUT2D eigenvalue weighted by atomic mass is 9.82. The molecule has 15 nitrogen and oxygen atoms in total. The number of allylic oxidation sites excluding steroid dienone is 2. The molecule has 0 saturated heterocycles. The first-order valence-corrected chi connectivity index (χ1v) is 23.5. The zero-order valence-electron chi connectivity index (χ0n) is 35.3. The second-order valence-corrected chi connectivity index (χ2v) is 18.5. The molecule has 0 radical (unpaired) electrons. The van der Waals surface area contributed by atoms with E-state index in [1.54, 1.807) is 37.3 Å². The van der Waals surface area contributed by atoms with Gasteiger partial charge in [-0.05, 0) is 82.0 Å². The summed E-state index contributed by atoms with van der Waals surface area (Å²) >= 11 is 0. The number of rotatable bonds is 17. The number of unbranched alkanes of at least 4 members (excludes halogenated alkanes) is 7. The monoisotopic (exact) mass is 916 g/mol. The molecule has 0 bridgehead atoms. The smallest absolute Gasteiger partial charge is 0.417 e. The first kappa shape index (κ1) is 52.0. The Bertz CT molecular complexity index is 2140. The quantitative estimate of drug-likeness (QED) is 0.0797. The van der Waals surface area contributed by atoms with Crippen molar-refractivity contribution in [3.8, 4) is 0 Å². The molecular formula is C42H59F3N4O11S2. The van der Waals surface area contributed by atoms with Crippen molar-refractivity contribution < 1.29 is 64.1 Å². The number of hydrogen-bond acceptors (Lipinski definition) is 12. The Morgan fingerprint density at radius 1 is 0.887 bits per heavy atom. The number of Topliss-reactive ketones (excluding diaryl/α,β-unsaturated/α-hetero) is 2. The second kappa shape index (κ2) is 23.9. The molecule has 20 heteroatoms. The fraction of sp³-hybridized carbons (Fsp3) is 0.548. The van der Waals surface area contributed by atoms with Gasteiger partial charge in [0, 0.05) is 24.2 Å². The molecule has 0 spiro atoms. The minimum atomic E-state index is -5.04. The minimum Gasteiger partial charge on any atom is -0.489 e. The van der Waals surface area contributed by atoms with Gasteiger partial charge >= 0.3 is 12.1 Å². The number of methoxy groups -OCH3 is 2. The Morgan fingerprint density at radius 3 is 1.94 bits per heavy atom. The molecule has 2 aromatic rings. The van der Waals surface area contributed by atoms with Crippen LogP contribution >= 0.6 is 0 Å². The minimum absolute atomic E-state index is 0.00614. The van der Waals surface area contributed by atoms with Crippen LogP contribution in [0.2, 0.25) is 0 Å². The molecule has 2 aliphatic carbocycles. The highest BCUT2D eigenvalue weighted by Crippen LogP contribution is 2.40. The lowest BCUT2D eigenvalue weighted by Crippen LogP contribution is -2.46. The number of carboxylic acid groups (broad SMARTS) is 1. The van der Waals surface area contributed by atoms with Gasteiger partial charge in [0.05, 0.1) is 42.4 Å². The number of aliphatic hydroxyl groups is 1. The molecule has 1 aliphatic heterocycles. The van der Waals surface area contributed by atoms with Gasteiger partial charge in [-0.3, -0.25) is 14.4 Å². The summed E-state index contributed by atoms with van der Waals surface area (Å²) in [6.45, 7) is 2.68. The zero-order valence-corrected chi connectivity index (χ0v) is 36.9. The van der Waals surface area contributed by atoms with Gasteiger partial charge in [0.2, 0.25) is 43.1 Å². The third-order valence-electron chi connectivity index (χ3n) is 10.9. The van der Waals surface area contributed by atoms with Gasteiger partial charge in [-0.1, -0.05) is 68.9 Å². The summed E-state index contributed by atoms with van der Waals surface area (Å²) in [7, 11) is -6.30. The van der Waals surface area contributed by atoms with Gasteiger partial charge in [0.25, 0.3) is 0 Å². The summed E-state index contributed by atoms with van der Waals surface area (Å²) in [6.07, 6.45) is 7.01. The topological polar surface area (TPSA) is 255 Å². The number of sulfonamides is 2. The molecule has 1 saturated carbocycles. The first-order chi connectivity index (χ1) is 29.2. The summed E-state index contributed by atoms with van der Waals surface area (Å²) in [5, 5.41) is 24.9. The Balaban J connectivity index is 0.000000268. The van der Waals surface area contributed by atoms with E-state index < -0.39 is 53.7 Å². The van der Waals surface area contributed by atoms with E-state index in [4.69, 9.17) is 30.6 Å². The van der Waals surface area contributed by atoms with Crippen molar-refractivity contribution in [1.29, 1.82) is 0 Å². The number of primary sulfonamides is 1. The maximum atomic E-state index is 13.3. The van der Waals surface area contributed by atoms with E-state index in [9.17, 15) is 44.4 Å². The lowest BCUT2D eigenvalue weighted by Gasteiger charge is -2.29.